The Morgan fingerprint density at radius 2 is 1.28 bits per heavy atom. The predicted molar refractivity (Wildman–Crippen MR) is 138 cm³/mol. The summed E-state index contributed by atoms with van der Waals surface area (Å²) in [6.07, 6.45) is 15.2. The molecule has 6 heteroatoms. The van der Waals surface area contributed by atoms with Gasteiger partial charge in [-0.05, 0) is 120 Å². The number of hydrogen-bond acceptors (Lipinski definition) is 4. The monoisotopic (exact) mass is 492 g/mol. The van der Waals surface area contributed by atoms with Crippen molar-refractivity contribution in [2.75, 3.05) is 39.3 Å². The van der Waals surface area contributed by atoms with Gasteiger partial charge in [0.15, 0.2) is 0 Å². The van der Waals surface area contributed by atoms with E-state index in [4.69, 9.17) is 0 Å². The first kappa shape index (κ1) is 22.6. The molecule has 0 N–H and O–H groups in total. The largest absolute Gasteiger partial charge is 0.339 e. The molecule has 6 nitrogen and oxygen atoms in total. The van der Waals surface area contributed by atoms with E-state index in [2.05, 4.69) is 25.7 Å². The Bertz CT molecular complexity index is 961. The van der Waals surface area contributed by atoms with E-state index < -0.39 is 0 Å². The summed E-state index contributed by atoms with van der Waals surface area (Å²) in [6.45, 7) is 6.96. The molecule has 9 unspecified atom stereocenters. The van der Waals surface area contributed by atoms with Crippen molar-refractivity contribution in [3.05, 3.63) is 11.6 Å². The molecule has 8 aliphatic rings. The average molecular weight is 493 g/mol. The van der Waals surface area contributed by atoms with Crippen molar-refractivity contribution >= 4 is 11.8 Å². The second-order valence-electron chi connectivity index (χ2n) is 13.6. The summed E-state index contributed by atoms with van der Waals surface area (Å²) >= 11 is 0. The first-order valence-electron chi connectivity index (χ1n) is 15.5. The fraction of sp³-hybridized carbons (Fsp3) is 0.867. The topological polar surface area (TPSA) is 47.1 Å². The molecule has 0 spiro atoms. The zero-order valence-electron chi connectivity index (χ0n) is 21.9. The lowest BCUT2D eigenvalue weighted by Gasteiger charge is -2.60. The molecule has 7 fully saturated rings. The van der Waals surface area contributed by atoms with Gasteiger partial charge < -0.3 is 9.80 Å². The zero-order chi connectivity index (χ0) is 24.0. The van der Waals surface area contributed by atoms with Crippen molar-refractivity contribution < 1.29 is 9.59 Å². The quantitative estimate of drug-likeness (QED) is 0.564. The van der Waals surface area contributed by atoms with Crippen molar-refractivity contribution in [1.82, 2.24) is 19.6 Å². The number of carbonyl (C=O) groups excluding carboxylic acids is 2. The lowest BCUT2D eigenvalue weighted by atomic mass is 9.65. The van der Waals surface area contributed by atoms with Gasteiger partial charge in [0.25, 0.3) is 0 Å². The highest BCUT2D eigenvalue weighted by atomic mass is 16.2. The van der Waals surface area contributed by atoms with Gasteiger partial charge in [0.2, 0.25) is 11.8 Å². The number of piperidine rings is 7. The number of fused-ring (bicyclic) bond motifs is 4. The molecule has 2 amide bonds. The van der Waals surface area contributed by atoms with Gasteiger partial charge in [-0.2, -0.15) is 0 Å². The Balaban J connectivity index is 1.06. The van der Waals surface area contributed by atoms with Crippen LogP contribution in [0.2, 0.25) is 0 Å². The highest BCUT2D eigenvalue weighted by molar-refractivity contribution is 5.96. The molecule has 196 valence electrons. The van der Waals surface area contributed by atoms with Gasteiger partial charge in [-0.25, -0.2) is 0 Å². The second-order valence-corrected chi connectivity index (χ2v) is 13.6. The summed E-state index contributed by atoms with van der Waals surface area (Å²) in [5.74, 6) is 3.36. The maximum Gasteiger partial charge on any atom is 0.250 e. The van der Waals surface area contributed by atoms with E-state index in [1.165, 1.54) is 77.5 Å². The molecule has 0 saturated carbocycles. The lowest BCUT2D eigenvalue weighted by Crippen LogP contribution is -2.68. The van der Waals surface area contributed by atoms with Gasteiger partial charge in [-0.3, -0.25) is 19.4 Å². The van der Waals surface area contributed by atoms with E-state index in [1.54, 1.807) is 0 Å². The molecule has 36 heavy (non-hydrogen) atoms. The van der Waals surface area contributed by atoms with Crippen LogP contribution in [-0.4, -0.2) is 94.8 Å². The molecule has 0 radical (unpaired) electrons. The molecule has 8 heterocycles. The SMILES string of the molecule is O=C1CC(C2=CCC3C4CCCN5CCCC(CN3C2=O)C45)CC2C3CCCN4CCCC(CN12)C34. The summed E-state index contributed by atoms with van der Waals surface area (Å²) in [5, 5.41) is 0. The van der Waals surface area contributed by atoms with Crippen LogP contribution in [0.5, 0.6) is 0 Å². The minimum atomic E-state index is 0.134. The van der Waals surface area contributed by atoms with E-state index in [0.29, 0.717) is 66.1 Å². The standard InChI is InChI=1S/C30H44N4O2/c35-27-16-21(15-26-24-8-4-14-32-12-1-5-19(29(24)32)17-33(26)27)22-9-10-25-23-7-3-13-31-11-2-6-20(28(23)31)18-34(25)30(22)36/h9,19-21,23-26,28-29H,1-8,10-18H2. The fourth-order valence-electron chi connectivity index (χ4n) is 10.9. The third-order valence-electron chi connectivity index (χ3n) is 12.1. The molecule has 8 rings (SSSR count). The Hall–Kier alpha value is -1.40. The third-order valence-corrected chi connectivity index (χ3v) is 12.1. The number of carbonyl (C=O) groups is 2. The molecule has 0 aliphatic carbocycles. The van der Waals surface area contributed by atoms with Crippen molar-refractivity contribution in [2.45, 2.75) is 94.8 Å². The van der Waals surface area contributed by atoms with Crippen molar-refractivity contribution in [3.63, 3.8) is 0 Å². The highest BCUT2D eigenvalue weighted by Crippen LogP contribution is 2.49. The molecule has 9 atom stereocenters. The summed E-state index contributed by atoms with van der Waals surface area (Å²) < 4.78 is 0. The van der Waals surface area contributed by atoms with E-state index >= 15 is 0 Å². The van der Waals surface area contributed by atoms with Crippen molar-refractivity contribution in [1.29, 1.82) is 0 Å². The number of rotatable bonds is 1. The Morgan fingerprint density at radius 1 is 0.694 bits per heavy atom. The minimum absolute atomic E-state index is 0.134. The van der Waals surface area contributed by atoms with Crippen molar-refractivity contribution in [3.8, 4) is 0 Å². The van der Waals surface area contributed by atoms with Crippen molar-refractivity contribution in [2.24, 2.45) is 29.6 Å². The lowest BCUT2D eigenvalue weighted by molar-refractivity contribution is -0.154. The van der Waals surface area contributed by atoms with Crippen LogP contribution in [0.3, 0.4) is 0 Å². The molecule has 0 bridgehead atoms. The number of amides is 2. The van der Waals surface area contributed by atoms with Gasteiger partial charge in [-0.15, -0.1) is 0 Å². The molecule has 8 aliphatic heterocycles. The maximum absolute atomic E-state index is 14.1. The van der Waals surface area contributed by atoms with Crippen LogP contribution in [0.4, 0.5) is 0 Å². The second kappa shape index (κ2) is 8.56. The van der Waals surface area contributed by atoms with E-state index in [1.807, 2.05) is 0 Å². The highest BCUT2D eigenvalue weighted by Gasteiger charge is 2.54. The third kappa shape index (κ3) is 3.28. The van der Waals surface area contributed by atoms with E-state index in [0.717, 1.165) is 31.5 Å². The van der Waals surface area contributed by atoms with Crippen LogP contribution >= 0.6 is 0 Å². The van der Waals surface area contributed by atoms with Gasteiger partial charge >= 0.3 is 0 Å². The van der Waals surface area contributed by atoms with Crippen LogP contribution < -0.4 is 0 Å². The van der Waals surface area contributed by atoms with Crippen LogP contribution in [0.1, 0.15) is 70.6 Å². The summed E-state index contributed by atoms with van der Waals surface area (Å²) in [4.78, 5) is 37.8. The van der Waals surface area contributed by atoms with Gasteiger partial charge in [0, 0.05) is 49.3 Å². The zero-order valence-corrected chi connectivity index (χ0v) is 21.9. The molecule has 7 saturated heterocycles. The molecular formula is C30H44N4O2. The average Bonchev–Trinajstić information content (AvgIpc) is 2.90. The fourth-order valence-corrected chi connectivity index (χ4v) is 10.9. The molecule has 0 aromatic heterocycles. The Kier molecular flexibility index (Phi) is 5.37. The van der Waals surface area contributed by atoms with Crippen LogP contribution in [0.25, 0.3) is 0 Å². The van der Waals surface area contributed by atoms with Crippen LogP contribution in [-0.2, 0) is 9.59 Å². The summed E-state index contributed by atoms with van der Waals surface area (Å²) in [5.41, 5.74) is 1.01. The van der Waals surface area contributed by atoms with E-state index in [-0.39, 0.29) is 5.92 Å². The first-order valence-corrected chi connectivity index (χ1v) is 15.5. The van der Waals surface area contributed by atoms with Gasteiger partial charge in [0.1, 0.15) is 0 Å². The molecule has 0 aromatic carbocycles. The molecular weight excluding hydrogens is 448 g/mol. The van der Waals surface area contributed by atoms with Crippen LogP contribution in [0, 0.1) is 29.6 Å². The summed E-state index contributed by atoms with van der Waals surface area (Å²) in [6, 6.07) is 2.13. The number of nitrogens with zero attached hydrogens (tertiary/aromatic N) is 4. The minimum Gasteiger partial charge on any atom is -0.339 e. The maximum atomic E-state index is 14.1. The van der Waals surface area contributed by atoms with Gasteiger partial charge in [-0.1, -0.05) is 6.08 Å². The first-order chi connectivity index (χ1) is 17.7. The van der Waals surface area contributed by atoms with Gasteiger partial charge in [0.05, 0.1) is 0 Å². The summed E-state index contributed by atoms with van der Waals surface area (Å²) in [7, 11) is 0. The Morgan fingerprint density at radius 3 is 1.94 bits per heavy atom. The Labute approximate surface area is 216 Å². The normalized spacial score (nSPS) is 46.9. The smallest absolute Gasteiger partial charge is 0.250 e. The van der Waals surface area contributed by atoms with Crippen LogP contribution in [0.15, 0.2) is 11.6 Å². The van der Waals surface area contributed by atoms with E-state index in [9.17, 15) is 9.59 Å². The molecule has 0 aromatic rings. The number of hydrogen-bond donors (Lipinski definition) is 0. The predicted octanol–water partition coefficient (Wildman–Crippen LogP) is 3.13.